The van der Waals surface area contributed by atoms with Crippen molar-refractivity contribution in [1.29, 1.82) is 0 Å². The van der Waals surface area contributed by atoms with Crippen LogP contribution < -0.4 is 5.32 Å². The molecule has 0 heterocycles. The van der Waals surface area contributed by atoms with Gasteiger partial charge in [0.15, 0.2) is 0 Å². The molecule has 0 saturated heterocycles. The highest BCUT2D eigenvalue weighted by molar-refractivity contribution is 7.80. The third kappa shape index (κ3) is 3.56. The van der Waals surface area contributed by atoms with E-state index in [0.29, 0.717) is 0 Å². The van der Waals surface area contributed by atoms with Crippen molar-refractivity contribution in [3.63, 3.8) is 0 Å². The van der Waals surface area contributed by atoms with Crippen LogP contribution in [0.15, 0.2) is 30.3 Å². The Hall–Kier alpha value is -0.840. The SMILES string of the molecule is CN[C@H](C=O)[C@H](O)C(C)C(S)c1ccccc1. The fourth-order valence-electron chi connectivity index (χ4n) is 1.79. The van der Waals surface area contributed by atoms with Crippen molar-refractivity contribution >= 4 is 18.9 Å². The van der Waals surface area contributed by atoms with Crippen molar-refractivity contribution in [3.8, 4) is 0 Å². The van der Waals surface area contributed by atoms with Gasteiger partial charge in [-0.3, -0.25) is 0 Å². The first kappa shape index (κ1) is 14.2. The van der Waals surface area contributed by atoms with Crippen molar-refractivity contribution in [2.75, 3.05) is 7.05 Å². The summed E-state index contributed by atoms with van der Waals surface area (Å²) in [6.07, 6.45) is -0.0210. The maximum atomic E-state index is 10.8. The topological polar surface area (TPSA) is 49.3 Å². The van der Waals surface area contributed by atoms with Gasteiger partial charge in [0, 0.05) is 5.25 Å². The van der Waals surface area contributed by atoms with Crippen LogP contribution >= 0.6 is 12.6 Å². The van der Waals surface area contributed by atoms with E-state index in [9.17, 15) is 9.90 Å². The zero-order valence-corrected chi connectivity index (χ0v) is 11.0. The van der Waals surface area contributed by atoms with Crippen LogP contribution in [0.1, 0.15) is 17.7 Å². The number of thiol groups is 1. The molecule has 0 amide bonds. The molecule has 2 N–H and O–H groups in total. The molecule has 3 nitrogen and oxygen atoms in total. The molecule has 0 spiro atoms. The molecule has 0 aliphatic carbocycles. The highest BCUT2D eigenvalue weighted by Gasteiger charge is 2.28. The predicted molar refractivity (Wildman–Crippen MR) is 72.3 cm³/mol. The average Bonchev–Trinajstić information content (AvgIpc) is 2.39. The van der Waals surface area contributed by atoms with Gasteiger partial charge < -0.3 is 15.2 Å². The highest BCUT2D eigenvalue weighted by atomic mass is 32.1. The molecule has 94 valence electrons. The van der Waals surface area contributed by atoms with Crippen molar-refractivity contribution in [2.45, 2.75) is 24.3 Å². The number of carbonyl (C=O) groups excluding carboxylic acids is 1. The van der Waals surface area contributed by atoms with Gasteiger partial charge in [0.1, 0.15) is 6.29 Å². The average molecular weight is 253 g/mol. The van der Waals surface area contributed by atoms with Gasteiger partial charge in [-0.1, -0.05) is 37.3 Å². The van der Waals surface area contributed by atoms with Crippen molar-refractivity contribution in [2.24, 2.45) is 5.92 Å². The Morgan fingerprint density at radius 3 is 2.41 bits per heavy atom. The fourth-order valence-corrected chi connectivity index (χ4v) is 2.14. The molecule has 2 unspecified atom stereocenters. The van der Waals surface area contributed by atoms with E-state index in [1.165, 1.54) is 0 Å². The Balaban J connectivity index is 2.75. The minimum absolute atomic E-state index is 0.0954. The number of likely N-dealkylation sites (N-methyl/N-ethyl adjacent to an activating group) is 1. The van der Waals surface area contributed by atoms with Gasteiger partial charge in [-0.15, -0.1) is 0 Å². The van der Waals surface area contributed by atoms with Crippen LogP contribution in [-0.2, 0) is 4.79 Å². The van der Waals surface area contributed by atoms with Gasteiger partial charge in [0.05, 0.1) is 12.1 Å². The van der Waals surface area contributed by atoms with Crippen LogP contribution in [0.2, 0.25) is 0 Å². The molecule has 1 rings (SSSR count). The number of nitrogens with one attached hydrogen (secondary N) is 1. The molecule has 0 fully saturated rings. The second kappa shape index (κ2) is 6.79. The summed E-state index contributed by atoms with van der Waals surface area (Å²) in [4.78, 5) is 10.8. The molecular weight excluding hydrogens is 234 g/mol. The van der Waals surface area contributed by atoms with E-state index in [1.54, 1.807) is 7.05 Å². The molecule has 0 aliphatic heterocycles. The summed E-state index contributed by atoms with van der Waals surface area (Å²) in [5.41, 5.74) is 1.04. The molecule has 4 atom stereocenters. The molecular formula is C13H19NO2S. The molecule has 0 aliphatic rings. The molecule has 0 bridgehead atoms. The van der Waals surface area contributed by atoms with Gasteiger partial charge in [-0.2, -0.15) is 12.6 Å². The second-order valence-electron chi connectivity index (χ2n) is 4.16. The summed E-state index contributed by atoms with van der Waals surface area (Å²) in [6, 6.07) is 9.20. The lowest BCUT2D eigenvalue weighted by molar-refractivity contribution is -0.112. The number of hydrogen-bond donors (Lipinski definition) is 3. The minimum Gasteiger partial charge on any atom is -0.391 e. The Morgan fingerprint density at radius 2 is 1.94 bits per heavy atom. The van der Waals surface area contributed by atoms with Crippen LogP contribution in [0, 0.1) is 5.92 Å². The van der Waals surface area contributed by atoms with Crippen molar-refractivity contribution < 1.29 is 9.90 Å². The molecule has 0 aromatic heterocycles. The zero-order valence-electron chi connectivity index (χ0n) is 10.1. The number of benzene rings is 1. The lowest BCUT2D eigenvalue weighted by Gasteiger charge is -2.28. The largest absolute Gasteiger partial charge is 0.391 e. The first-order valence-corrected chi connectivity index (χ1v) is 6.17. The number of aliphatic hydroxyl groups excluding tert-OH is 1. The van der Waals surface area contributed by atoms with Gasteiger partial charge in [0.25, 0.3) is 0 Å². The fraction of sp³-hybridized carbons (Fsp3) is 0.462. The Morgan fingerprint density at radius 1 is 1.35 bits per heavy atom. The van der Waals surface area contributed by atoms with E-state index in [0.717, 1.165) is 11.8 Å². The zero-order chi connectivity index (χ0) is 12.8. The normalized spacial score (nSPS) is 18.1. The van der Waals surface area contributed by atoms with Crippen LogP contribution in [0.4, 0.5) is 0 Å². The number of rotatable bonds is 6. The lowest BCUT2D eigenvalue weighted by atomic mass is 9.91. The van der Waals surface area contributed by atoms with Gasteiger partial charge in [-0.05, 0) is 18.5 Å². The molecule has 4 heteroatoms. The summed E-state index contributed by atoms with van der Waals surface area (Å²) in [6.45, 7) is 1.89. The molecule has 0 saturated carbocycles. The monoisotopic (exact) mass is 253 g/mol. The smallest absolute Gasteiger partial charge is 0.139 e. The maximum absolute atomic E-state index is 10.8. The quantitative estimate of drug-likeness (QED) is 0.531. The van der Waals surface area contributed by atoms with E-state index in [4.69, 9.17) is 0 Å². The lowest BCUT2D eigenvalue weighted by Crippen LogP contribution is -2.43. The predicted octanol–water partition coefficient (Wildman–Crippen LogP) is 1.44. The molecule has 1 aromatic rings. The second-order valence-corrected chi connectivity index (χ2v) is 4.71. The van der Waals surface area contributed by atoms with E-state index in [1.807, 2.05) is 37.3 Å². The summed E-state index contributed by atoms with van der Waals surface area (Å²) in [7, 11) is 1.66. The van der Waals surface area contributed by atoms with Crippen LogP contribution in [0.25, 0.3) is 0 Å². The highest BCUT2D eigenvalue weighted by Crippen LogP contribution is 2.31. The van der Waals surface area contributed by atoms with Gasteiger partial charge >= 0.3 is 0 Å². The van der Waals surface area contributed by atoms with Crippen LogP contribution in [0.3, 0.4) is 0 Å². The van der Waals surface area contributed by atoms with E-state index in [2.05, 4.69) is 17.9 Å². The third-order valence-corrected chi connectivity index (χ3v) is 3.79. The summed E-state index contributed by atoms with van der Waals surface area (Å²) >= 11 is 4.52. The Bertz CT molecular complexity index is 345. The van der Waals surface area contributed by atoms with Gasteiger partial charge in [0.2, 0.25) is 0 Å². The summed E-state index contributed by atoms with van der Waals surface area (Å²) in [5.74, 6) is -0.122. The standard InChI is InChI=1S/C13H19NO2S/c1-9(12(16)11(8-15)14-2)13(17)10-6-4-3-5-7-10/h3-9,11-14,16-17H,1-2H3/t9?,11-,12-,13?/m1/s1. The molecule has 0 radical (unpaired) electrons. The first-order chi connectivity index (χ1) is 8.11. The van der Waals surface area contributed by atoms with E-state index in [-0.39, 0.29) is 11.2 Å². The molecule has 17 heavy (non-hydrogen) atoms. The molecule has 1 aromatic carbocycles. The maximum Gasteiger partial charge on any atom is 0.139 e. The summed E-state index contributed by atoms with van der Waals surface area (Å²) < 4.78 is 0. The van der Waals surface area contributed by atoms with Crippen LogP contribution in [0.5, 0.6) is 0 Å². The third-order valence-electron chi connectivity index (χ3n) is 3.03. The van der Waals surface area contributed by atoms with E-state index >= 15 is 0 Å². The van der Waals surface area contributed by atoms with E-state index < -0.39 is 12.1 Å². The summed E-state index contributed by atoms with van der Waals surface area (Å²) in [5, 5.41) is 12.8. The number of aldehydes is 1. The van der Waals surface area contributed by atoms with Crippen molar-refractivity contribution in [3.05, 3.63) is 35.9 Å². The minimum atomic E-state index is -0.750. The number of aliphatic hydroxyl groups is 1. The van der Waals surface area contributed by atoms with Crippen molar-refractivity contribution in [1.82, 2.24) is 5.32 Å². The Kier molecular flexibility index (Phi) is 5.68. The van der Waals surface area contributed by atoms with Crippen LogP contribution in [-0.4, -0.2) is 30.6 Å². The Labute approximate surface area is 108 Å². The van der Waals surface area contributed by atoms with Gasteiger partial charge in [-0.25, -0.2) is 0 Å². The first-order valence-electron chi connectivity index (χ1n) is 5.65. The number of carbonyl (C=O) groups is 1. The number of hydrogen-bond acceptors (Lipinski definition) is 4.